The number of H-pyrrole nitrogens is 1. The van der Waals surface area contributed by atoms with Crippen LogP contribution in [-0.4, -0.2) is 26.8 Å². The molecular weight excluding hydrogens is 280 g/mol. The van der Waals surface area contributed by atoms with Crippen molar-refractivity contribution in [2.45, 2.75) is 26.3 Å². The minimum Gasteiger partial charge on any atom is -0.352 e. The standard InChI is InChI=1S/C13H17ClN4O2/c1-8(2)5-9(7-14)15-13-16-11-4-3-10(18(19)20)6-12(11)17-13/h3-4,6,8-9H,5,7H2,1-2H3,(H2,15,16,17). The number of nitrogens with one attached hydrogen (secondary N) is 2. The lowest BCUT2D eigenvalue weighted by atomic mass is 10.1. The van der Waals surface area contributed by atoms with Gasteiger partial charge in [-0.2, -0.15) is 0 Å². The van der Waals surface area contributed by atoms with Crippen molar-refractivity contribution in [1.29, 1.82) is 0 Å². The minimum atomic E-state index is -0.423. The van der Waals surface area contributed by atoms with Gasteiger partial charge in [-0.1, -0.05) is 13.8 Å². The first-order chi connectivity index (χ1) is 9.49. The van der Waals surface area contributed by atoms with Crippen molar-refractivity contribution in [3.05, 3.63) is 28.3 Å². The molecule has 2 aromatic rings. The van der Waals surface area contributed by atoms with Crippen LogP contribution in [0.25, 0.3) is 11.0 Å². The van der Waals surface area contributed by atoms with Crippen molar-refractivity contribution in [3.8, 4) is 0 Å². The molecule has 1 heterocycles. The van der Waals surface area contributed by atoms with Crippen LogP contribution in [0.2, 0.25) is 0 Å². The van der Waals surface area contributed by atoms with Crippen LogP contribution in [0.4, 0.5) is 11.6 Å². The summed E-state index contributed by atoms with van der Waals surface area (Å²) in [6, 6.07) is 4.67. The molecule has 2 rings (SSSR count). The molecule has 0 saturated heterocycles. The number of hydrogen-bond donors (Lipinski definition) is 2. The van der Waals surface area contributed by atoms with Gasteiger partial charge in [-0.3, -0.25) is 10.1 Å². The SMILES string of the molecule is CC(C)CC(CCl)Nc1nc2ccc([N+](=O)[O-])cc2[nH]1. The molecule has 0 radical (unpaired) electrons. The van der Waals surface area contributed by atoms with Crippen LogP contribution in [0.5, 0.6) is 0 Å². The zero-order chi connectivity index (χ0) is 14.7. The number of halogens is 1. The van der Waals surface area contributed by atoms with Gasteiger partial charge in [-0.15, -0.1) is 11.6 Å². The van der Waals surface area contributed by atoms with Gasteiger partial charge in [0.25, 0.3) is 5.69 Å². The lowest BCUT2D eigenvalue weighted by Crippen LogP contribution is -2.23. The first kappa shape index (κ1) is 14.6. The average Bonchev–Trinajstić information content (AvgIpc) is 2.78. The molecule has 0 aliphatic heterocycles. The molecule has 0 saturated carbocycles. The summed E-state index contributed by atoms with van der Waals surface area (Å²) in [5.41, 5.74) is 1.37. The molecule has 1 atom stereocenters. The number of nitrogens with zero attached hydrogens (tertiary/aromatic N) is 2. The Morgan fingerprint density at radius 3 is 2.85 bits per heavy atom. The molecule has 6 nitrogen and oxygen atoms in total. The molecule has 20 heavy (non-hydrogen) atoms. The van der Waals surface area contributed by atoms with Gasteiger partial charge in [0.15, 0.2) is 0 Å². The van der Waals surface area contributed by atoms with Gasteiger partial charge >= 0.3 is 0 Å². The summed E-state index contributed by atoms with van der Waals surface area (Å²) in [5, 5.41) is 14.0. The maximum atomic E-state index is 10.7. The number of alkyl halides is 1. The van der Waals surface area contributed by atoms with Crippen LogP contribution in [0, 0.1) is 16.0 Å². The third-order valence-corrected chi connectivity index (χ3v) is 3.33. The minimum absolute atomic E-state index is 0.0452. The summed E-state index contributed by atoms with van der Waals surface area (Å²) >= 11 is 5.93. The van der Waals surface area contributed by atoms with Crippen molar-refractivity contribution < 1.29 is 4.92 Å². The Kier molecular flexibility index (Phi) is 4.44. The zero-order valence-electron chi connectivity index (χ0n) is 11.4. The highest BCUT2D eigenvalue weighted by Gasteiger charge is 2.13. The average molecular weight is 297 g/mol. The van der Waals surface area contributed by atoms with Crippen LogP contribution in [0.1, 0.15) is 20.3 Å². The van der Waals surface area contributed by atoms with E-state index < -0.39 is 4.92 Å². The van der Waals surface area contributed by atoms with Crippen molar-refractivity contribution in [2.75, 3.05) is 11.2 Å². The van der Waals surface area contributed by atoms with Gasteiger partial charge in [0, 0.05) is 24.1 Å². The molecule has 0 aliphatic rings. The van der Waals surface area contributed by atoms with E-state index in [1.807, 2.05) is 0 Å². The van der Waals surface area contributed by atoms with Gasteiger partial charge in [0.05, 0.1) is 16.0 Å². The number of fused-ring (bicyclic) bond motifs is 1. The molecule has 1 unspecified atom stereocenters. The number of benzene rings is 1. The fourth-order valence-corrected chi connectivity index (χ4v) is 2.31. The van der Waals surface area contributed by atoms with E-state index in [0.717, 1.165) is 6.42 Å². The van der Waals surface area contributed by atoms with Crippen LogP contribution < -0.4 is 5.32 Å². The number of non-ortho nitro benzene ring substituents is 1. The maximum absolute atomic E-state index is 10.7. The fourth-order valence-electron chi connectivity index (χ4n) is 2.10. The summed E-state index contributed by atoms with van der Waals surface area (Å²) in [6.07, 6.45) is 0.931. The largest absolute Gasteiger partial charge is 0.352 e. The third-order valence-electron chi connectivity index (χ3n) is 2.96. The Balaban J connectivity index is 2.20. The van der Waals surface area contributed by atoms with Gasteiger partial charge < -0.3 is 10.3 Å². The lowest BCUT2D eigenvalue weighted by molar-refractivity contribution is -0.384. The highest BCUT2D eigenvalue weighted by molar-refractivity contribution is 6.18. The predicted octanol–water partition coefficient (Wildman–Crippen LogP) is 3.54. The monoisotopic (exact) mass is 296 g/mol. The summed E-state index contributed by atoms with van der Waals surface area (Å²) in [4.78, 5) is 17.7. The van der Waals surface area contributed by atoms with E-state index in [-0.39, 0.29) is 11.7 Å². The number of nitro groups is 1. The Labute approximate surface area is 121 Å². The molecule has 7 heteroatoms. The topological polar surface area (TPSA) is 83.8 Å². The second-order valence-electron chi connectivity index (χ2n) is 5.17. The smallest absolute Gasteiger partial charge is 0.271 e. The van der Waals surface area contributed by atoms with Crippen LogP contribution in [-0.2, 0) is 0 Å². The second kappa shape index (κ2) is 6.09. The van der Waals surface area contributed by atoms with Gasteiger partial charge in [0.1, 0.15) is 0 Å². The molecule has 0 amide bonds. The van der Waals surface area contributed by atoms with Crippen molar-refractivity contribution >= 4 is 34.3 Å². The molecule has 0 aliphatic carbocycles. The van der Waals surface area contributed by atoms with E-state index in [0.29, 0.717) is 28.8 Å². The van der Waals surface area contributed by atoms with Crippen LogP contribution in [0.15, 0.2) is 18.2 Å². The molecule has 1 aromatic heterocycles. The predicted molar refractivity (Wildman–Crippen MR) is 80.3 cm³/mol. The van der Waals surface area contributed by atoms with E-state index in [1.165, 1.54) is 12.1 Å². The summed E-state index contributed by atoms with van der Waals surface area (Å²) in [5.74, 6) is 1.60. The second-order valence-corrected chi connectivity index (χ2v) is 5.48. The number of anilines is 1. The molecule has 108 valence electrons. The summed E-state index contributed by atoms with van der Waals surface area (Å²) in [6.45, 7) is 4.26. The Morgan fingerprint density at radius 1 is 1.50 bits per heavy atom. The number of rotatable bonds is 6. The Bertz CT molecular complexity index is 611. The molecule has 1 aromatic carbocycles. The Morgan fingerprint density at radius 2 is 2.25 bits per heavy atom. The molecule has 0 fully saturated rings. The third kappa shape index (κ3) is 3.39. The number of aromatic nitrogens is 2. The van der Waals surface area contributed by atoms with E-state index in [9.17, 15) is 10.1 Å². The van der Waals surface area contributed by atoms with Gasteiger partial charge in [0.2, 0.25) is 5.95 Å². The molecule has 0 bridgehead atoms. The summed E-state index contributed by atoms with van der Waals surface area (Å²) in [7, 11) is 0. The lowest BCUT2D eigenvalue weighted by Gasteiger charge is -2.17. The number of imidazole rings is 1. The van der Waals surface area contributed by atoms with Crippen molar-refractivity contribution in [1.82, 2.24) is 9.97 Å². The molecule has 0 spiro atoms. The van der Waals surface area contributed by atoms with Crippen LogP contribution >= 0.6 is 11.6 Å². The number of nitro benzene ring substituents is 1. The molecule has 2 N–H and O–H groups in total. The van der Waals surface area contributed by atoms with Crippen molar-refractivity contribution in [2.24, 2.45) is 5.92 Å². The normalized spacial score (nSPS) is 12.8. The van der Waals surface area contributed by atoms with E-state index in [2.05, 4.69) is 29.1 Å². The maximum Gasteiger partial charge on any atom is 0.271 e. The Hall–Kier alpha value is -1.82. The van der Waals surface area contributed by atoms with Gasteiger partial charge in [-0.05, 0) is 18.4 Å². The van der Waals surface area contributed by atoms with E-state index in [4.69, 9.17) is 11.6 Å². The molecular formula is C13H17ClN4O2. The van der Waals surface area contributed by atoms with E-state index >= 15 is 0 Å². The number of aromatic amines is 1. The quantitative estimate of drug-likeness (QED) is 0.485. The zero-order valence-corrected chi connectivity index (χ0v) is 12.1. The van der Waals surface area contributed by atoms with E-state index in [1.54, 1.807) is 6.07 Å². The fraction of sp³-hybridized carbons (Fsp3) is 0.462. The highest BCUT2D eigenvalue weighted by atomic mass is 35.5. The van der Waals surface area contributed by atoms with Crippen LogP contribution in [0.3, 0.4) is 0 Å². The first-order valence-corrected chi connectivity index (χ1v) is 6.99. The van der Waals surface area contributed by atoms with Crippen molar-refractivity contribution in [3.63, 3.8) is 0 Å². The summed E-state index contributed by atoms with van der Waals surface area (Å²) < 4.78 is 0. The first-order valence-electron chi connectivity index (χ1n) is 6.46. The number of hydrogen-bond acceptors (Lipinski definition) is 4. The van der Waals surface area contributed by atoms with Gasteiger partial charge in [-0.25, -0.2) is 4.98 Å². The highest BCUT2D eigenvalue weighted by Crippen LogP contribution is 2.21.